The SMILES string of the molecule is Nc1cc(Oc2c(C34CC5CC(CC(C5)C3)C4)c(Oc3ccc(Br)c(N)c3)c(C34CC5CC(CC(C5)C3)C4)c(Oc3ccc(Br)c(N)c3)c2C23CC4CC(CC(C4)C2)C3)ccc1Br. The predicted octanol–water partition coefficient (Wildman–Crippen LogP) is 15.5. The molecular weight excluding hydrogens is 978 g/mol. The summed E-state index contributed by atoms with van der Waals surface area (Å²) in [7, 11) is 0. The highest BCUT2D eigenvalue weighted by Gasteiger charge is 2.61. The van der Waals surface area contributed by atoms with E-state index in [4.69, 9.17) is 31.4 Å². The molecule has 16 rings (SSSR count). The van der Waals surface area contributed by atoms with Crippen molar-refractivity contribution in [2.24, 2.45) is 53.3 Å². The van der Waals surface area contributed by atoms with E-state index in [1.807, 2.05) is 36.4 Å². The van der Waals surface area contributed by atoms with Crippen LogP contribution in [0.1, 0.15) is 132 Å². The van der Waals surface area contributed by atoms with E-state index < -0.39 is 0 Å². The van der Waals surface area contributed by atoms with Crippen LogP contribution in [0.25, 0.3) is 0 Å². The summed E-state index contributed by atoms with van der Waals surface area (Å²) in [5, 5.41) is 0. The lowest BCUT2D eigenvalue weighted by molar-refractivity contribution is -0.0152. The van der Waals surface area contributed by atoms with Crippen LogP contribution in [-0.4, -0.2) is 0 Å². The second-order valence-corrected chi connectivity index (χ2v) is 25.6. The first-order valence-corrected chi connectivity index (χ1v) is 26.7. The number of rotatable bonds is 9. The Hall–Kier alpha value is -2.88. The third-order valence-corrected chi connectivity index (χ3v) is 20.8. The lowest BCUT2D eigenvalue weighted by Crippen LogP contribution is -2.52. The lowest BCUT2D eigenvalue weighted by atomic mass is 9.44. The Kier molecular flexibility index (Phi) is 9.34. The molecule has 12 aliphatic carbocycles. The van der Waals surface area contributed by atoms with E-state index in [0.29, 0.717) is 17.1 Å². The molecule has 0 saturated heterocycles. The molecule has 4 aromatic rings. The summed E-state index contributed by atoms with van der Waals surface area (Å²) >= 11 is 11.2. The van der Waals surface area contributed by atoms with Gasteiger partial charge in [0.1, 0.15) is 34.5 Å². The number of benzene rings is 4. The van der Waals surface area contributed by atoms with Crippen LogP contribution in [0.15, 0.2) is 68.0 Å². The Bertz CT molecular complexity index is 2150. The van der Waals surface area contributed by atoms with E-state index >= 15 is 0 Å². The van der Waals surface area contributed by atoms with E-state index in [9.17, 15) is 0 Å². The minimum atomic E-state index is -0.0874. The minimum absolute atomic E-state index is 0.0874. The van der Waals surface area contributed by atoms with Crippen LogP contribution in [0, 0.1) is 53.3 Å². The largest absolute Gasteiger partial charge is 0.456 e. The van der Waals surface area contributed by atoms with Crippen molar-refractivity contribution < 1.29 is 14.2 Å². The fraction of sp³-hybridized carbons (Fsp3) is 0.556. The average molecular weight is 1040 g/mol. The number of anilines is 3. The number of nitrogens with two attached hydrogens (primary N) is 3. The van der Waals surface area contributed by atoms with Gasteiger partial charge in [-0.25, -0.2) is 0 Å². The first-order valence-electron chi connectivity index (χ1n) is 24.3. The van der Waals surface area contributed by atoms with Gasteiger partial charge in [0.25, 0.3) is 0 Å². The van der Waals surface area contributed by atoms with E-state index in [2.05, 4.69) is 66.0 Å². The van der Waals surface area contributed by atoms with Crippen LogP contribution < -0.4 is 31.4 Å². The maximum absolute atomic E-state index is 7.85. The first kappa shape index (κ1) is 40.4. The summed E-state index contributed by atoms with van der Waals surface area (Å²) in [5.41, 5.74) is 26.0. The van der Waals surface area contributed by atoms with Gasteiger partial charge in [0.15, 0.2) is 0 Å². The molecule has 4 aromatic carbocycles. The molecule has 0 radical (unpaired) electrons. The van der Waals surface area contributed by atoms with E-state index in [1.54, 1.807) is 0 Å². The molecule has 9 heteroatoms. The molecule has 6 N–H and O–H groups in total. The molecule has 0 heterocycles. The number of hydrogen-bond donors (Lipinski definition) is 3. The smallest absolute Gasteiger partial charge is 0.142 e. The van der Waals surface area contributed by atoms with Gasteiger partial charge in [0, 0.05) is 81.6 Å². The van der Waals surface area contributed by atoms with Crippen LogP contribution >= 0.6 is 47.8 Å². The molecular formula is C54H60Br3N3O3. The Morgan fingerprint density at radius 1 is 0.349 bits per heavy atom. The maximum atomic E-state index is 7.85. The summed E-state index contributed by atoms with van der Waals surface area (Å²) in [4.78, 5) is 0. The van der Waals surface area contributed by atoms with Crippen LogP contribution in [-0.2, 0) is 16.2 Å². The fourth-order valence-corrected chi connectivity index (χ4v) is 18.5. The van der Waals surface area contributed by atoms with Crippen molar-refractivity contribution in [3.63, 3.8) is 0 Å². The number of hydrogen-bond acceptors (Lipinski definition) is 6. The summed E-state index contributed by atoms with van der Waals surface area (Å²) in [6.45, 7) is 0. The zero-order valence-electron chi connectivity index (χ0n) is 36.2. The van der Waals surface area contributed by atoms with Gasteiger partial charge in [-0.15, -0.1) is 0 Å². The Balaban J connectivity index is 1.18. The van der Waals surface area contributed by atoms with Gasteiger partial charge >= 0.3 is 0 Å². The summed E-state index contributed by atoms with van der Waals surface area (Å²) in [5.74, 6) is 11.8. The van der Waals surface area contributed by atoms with Crippen LogP contribution in [0.3, 0.4) is 0 Å². The van der Waals surface area contributed by atoms with E-state index in [-0.39, 0.29) is 16.2 Å². The molecule has 0 atom stereocenters. The molecule has 0 spiro atoms. The fourth-order valence-electron chi connectivity index (χ4n) is 17.8. The molecule has 63 heavy (non-hydrogen) atoms. The van der Waals surface area contributed by atoms with E-state index in [1.165, 1.54) is 132 Å². The van der Waals surface area contributed by atoms with Crippen molar-refractivity contribution in [1.82, 2.24) is 0 Å². The highest BCUT2D eigenvalue weighted by atomic mass is 79.9. The van der Waals surface area contributed by atoms with Crippen LogP contribution in [0.4, 0.5) is 17.1 Å². The zero-order chi connectivity index (χ0) is 42.6. The third kappa shape index (κ3) is 6.59. The minimum Gasteiger partial charge on any atom is -0.456 e. The predicted molar refractivity (Wildman–Crippen MR) is 262 cm³/mol. The molecule has 0 aliphatic heterocycles. The average Bonchev–Trinajstić information content (AvgIpc) is 3.20. The van der Waals surface area contributed by atoms with Gasteiger partial charge in [0.05, 0.1) is 0 Å². The van der Waals surface area contributed by atoms with Crippen molar-refractivity contribution in [2.75, 3.05) is 17.2 Å². The van der Waals surface area contributed by atoms with Crippen molar-refractivity contribution in [1.29, 1.82) is 0 Å². The molecule has 0 unspecified atom stereocenters. The number of nitrogen functional groups attached to an aromatic ring is 3. The molecule has 0 aromatic heterocycles. The van der Waals surface area contributed by atoms with Crippen LogP contribution in [0.5, 0.6) is 34.5 Å². The molecule has 12 fully saturated rings. The molecule has 12 aliphatic rings. The summed E-state index contributed by atoms with van der Waals surface area (Å²) in [6.07, 6.45) is 22.8. The van der Waals surface area contributed by atoms with Gasteiger partial charge < -0.3 is 31.4 Å². The lowest BCUT2D eigenvalue weighted by Gasteiger charge is -2.61. The standard InChI is InChI=1S/C54H60Br3N3O3/c55-40-4-1-37(16-43(40)58)61-49-46(52-19-28-7-29(20-52)9-30(8-28)21-52)50(62-38-2-5-41(56)44(59)17-38)48(54-25-34-13-35(26-54)15-36(14-34)27-54)51(63-39-3-6-42(57)45(60)18-39)47(49)53-22-31-10-32(23-53)12-33(11-31)24-53/h1-6,16-18,28-36H,7-15,19-27,58-60H2. The summed E-state index contributed by atoms with van der Waals surface area (Å²) < 4.78 is 26.2. The topological polar surface area (TPSA) is 106 Å². The molecule has 12 saturated carbocycles. The quantitative estimate of drug-likeness (QED) is 0.144. The first-order chi connectivity index (χ1) is 30.4. The second-order valence-electron chi connectivity index (χ2n) is 23.1. The van der Waals surface area contributed by atoms with E-state index in [0.717, 1.165) is 101 Å². The zero-order valence-corrected chi connectivity index (χ0v) is 41.0. The van der Waals surface area contributed by atoms with Gasteiger partial charge in [-0.3, -0.25) is 0 Å². The van der Waals surface area contributed by atoms with Gasteiger partial charge in [-0.2, -0.15) is 0 Å². The number of ether oxygens (including phenoxy) is 3. The Labute approximate surface area is 397 Å². The van der Waals surface area contributed by atoms with Crippen molar-refractivity contribution in [2.45, 2.75) is 132 Å². The van der Waals surface area contributed by atoms with Gasteiger partial charge in [-0.1, -0.05) is 0 Å². The summed E-state index contributed by atoms with van der Waals surface area (Å²) in [6, 6.07) is 18.5. The highest BCUT2D eigenvalue weighted by Crippen LogP contribution is 2.73. The Morgan fingerprint density at radius 3 is 0.746 bits per heavy atom. The van der Waals surface area contributed by atoms with Gasteiger partial charge in [0.2, 0.25) is 0 Å². The molecule has 12 bridgehead atoms. The normalized spacial score (nSPS) is 37.5. The van der Waals surface area contributed by atoms with Crippen molar-refractivity contribution in [3.8, 4) is 34.5 Å². The molecule has 6 nitrogen and oxygen atoms in total. The van der Waals surface area contributed by atoms with Gasteiger partial charge in [-0.05, 0) is 253 Å². The molecule has 330 valence electrons. The molecule has 0 amide bonds. The van der Waals surface area contributed by atoms with Crippen molar-refractivity contribution in [3.05, 3.63) is 84.7 Å². The third-order valence-electron chi connectivity index (χ3n) is 18.6. The van der Waals surface area contributed by atoms with Crippen molar-refractivity contribution >= 4 is 64.9 Å². The maximum Gasteiger partial charge on any atom is 0.142 e. The van der Waals surface area contributed by atoms with Crippen LogP contribution in [0.2, 0.25) is 0 Å². The highest BCUT2D eigenvalue weighted by molar-refractivity contribution is 9.11. The Morgan fingerprint density at radius 2 is 0.556 bits per heavy atom. The number of halogens is 3. The second kappa shape index (κ2) is 14.6. The monoisotopic (exact) mass is 1040 g/mol.